The van der Waals surface area contributed by atoms with Crippen molar-refractivity contribution in [3.63, 3.8) is 0 Å². The molecule has 0 aliphatic carbocycles. The molecule has 0 atom stereocenters. The van der Waals surface area contributed by atoms with E-state index in [1.165, 1.54) is 5.56 Å². The van der Waals surface area contributed by atoms with Crippen molar-refractivity contribution in [1.82, 2.24) is 14.7 Å². The monoisotopic (exact) mass is 460 g/mol. The van der Waals surface area contributed by atoms with Crippen LogP contribution in [0.3, 0.4) is 0 Å². The van der Waals surface area contributed by atoms with E-state index in [0.29, 0.717) is 35.4 Å². The molecule has 2 aliphatic rings. The molecule has 4 rings (SSSR count). The number of amides is 4. The quantitative estimate of drug-likeness (QED) is 0.678. The van der Waals surface area contributed by atoms with E-state index < -0.39 is 0 Å². The molecule has 2 fully saturated rings. The summed E-state index contributed by atoms with van der Waals surface area (Å²) < 4.78 is 0. The van der Waals surface area contributed by atoms with Gasteiger partial charge in [-0.1, -0.05) is 53.0 Å². The molecule has 2 aromatic carbocycles. The van der Waals surface area contributed by atoms with Crippen molar-refractivity contribution in [3.05, 3.63) is 63.6 Å². The molecule has 0 radical (unpaired) electrons. The van der Waals surface area contributed by atoms with E-state index in [2.05, 4.69) is 36.5 Å². The highest BCUT2D eigenvalue weighted by Gasteiger charge is 2.36. The number of urea groups is 2. The molecule has 8 heteroatoms. The third-order valence-corrected chi connectivity index (χ3v) is 6.55. The molecule has 2 heterocycles. The SMILES string of the molecule is Cc1ccc(CN2CCN(C3CCN(C(=O)Nc4cc(Cl)ccc4Cl)CC3)C2=O)cc1. The van der Waals surface area contributed by atoms with E-state index in [9.17, 15) is 9.59 Å². The van der Waals surface area contributed by atoms with Gasteiger partial charge in [-0.2, -0.15) is 0 Å². The van der Waals surface area contributed by atoms with Crippen LogP contribution in [0.4, 0.5) is 15.3 Å². The third-order valence-electron chi connectivity index (χ3n) is 5.98. The molecule has 0 saturated carbocycles. The zero-order valence-corrected chi connectivity index (χ0v) is 19.0. The average Bonchev–Trinajstić information content (AvgIpc) is 3.12. The number of carbonyl (C=O) groups is 2. The fourth-order valence-electron chi connectivity index (χ4n) is 4.17. The molecule has 2 aliphatic heterocycles. The topological polar surface area (TPSA) is 55.9 Å². The minimum Gasteiger partial charge on any atom is -0.324 e. The lowest BCUT2D eigenvalue weighted by atomic mass is 10.0. The fourth-order valence-corrected chi connectivity index (χ4v) is 4.51. The number of rotatable bonds is 4. The van der Waals surface area contributed by atoms with Crippen molar-refractivity contribution in [2.75, 3.05) is 31.5 Å². The third kappa shape index (κ3) is 5.08. The molecule has 2 aromatic rings. The summed E-state index contributed by atoms with van der Waals surface area (Å²) in [5.41, 5.74) is 2.86. The summed E-state index contributed by atoms with van der Waals surface area (Å²) in [6.07, 6.45) is 1.53. The molecular weight excluding hydrogens is 435 g/mol. The van der Waals surface area contributed by atoms with Gasteiger partial charge >= 0.3 is 12.1 Å². The number of halogens is 2. The van der Waals surface area contributed by atoms with Crippen LogP contribution in [0.2, 0.25) is 10.0 Å². The number of hydrogen-bond donors (Lipinski definition) is 1. The lowest BCUT2D eigenvalue weighted by Crippen LogP contribution is -2.49. The summed E-state index contributed by atoms with van der Waals surface area (Å²) in [5.74, 6) is 0. The summed E-state index contributed by atoms with van der Waals surface area (Å²) in [6, 6.07) is 13.3. The summed E-state index contributed by atoms with van der Waals surface area (Å²) in [7, 11) is 0. The van der Waals surface area contributed by atoms with Crippen LogP contribution in [0.25, 0.3) is 0 Å². The molecule has 164 valence electrons. The minimum absolute atomic E-state index is 0.0918. The highest BCUT2D eigenvalue weighted by molar-refractivity contribution is 6.35. The van der Waals surface area contributed by atoms with Crippen LogP contribution >= 0.6 is 23.2 Å². The van der Waals surface area contributed by atoms with Gasteiger partial charge in [0.15, 0.2) is 0 Å². The first-order valence-electron chi connectivity index (χ1n) is 10.5. The Morgan fingerprint density at radius 3 is 2.45 bits per heavy atom. The highest BCUT2D eigenvalue weighted by atomic mass is 35.5. The zero-order chi connectivity index (χ0) is 22.0. The molecule has 1 N–H and O–H groups in total. The Kier molecular flexibility index (Phi) is 6.58. The van der Waals surface area contributed by atoms with Crippen molar-refractivity contribution < 1.29 is 9.59 Å². The van der Waals surface area contributed by atoms with Gasteiger partial charge in [-0.3, -0.25) is 0 Å². The van der Waals surface area contributed by atoms with E-state index in [1.54, 1.807) is 23.1 Å². The number of piperidine rings is 1. The molecule has 6 nitrogen and oxygen atoms in total. The molecule has 0 aromatic heterocycles. The molecule has 0 unspecified atom stereocenters. The number of likely N-dealkylation sites (tertiary alicyclic amines) is 1. The first-order valence-corrected chi connectivity index (χ1v) is 11.3. The minimum atomic E-state index is -0.198. The Hall–Kier alpha value is -2.44. The van der Waals surface area contributed by atoms with Crippen LogP contribution in [-0.4, -0.2) is 59.0 Å². The molecule has 4 amide bonds. The number of nitrogens with zero attached hydrogens (tertiary/aromatic N) is 3. The Labute approximate surface area is 192 Å². The van der Waals surface area contributed by atoms with Crippen molar-refractivity contribution in [2.45, 2.75) is 32.4 Å². The van der Waals surface area contributed by atoms with Gasteiger partial charge in [0.25, 0.3) is 0 Å². The number of carbonyl (C=O) groups excluding carboxylic acids is 2. The predicted octanol–water partition coefficient (Wildman–Crippen LogP) is 5.24. The van der Waals surface area contributed by atoms with Crippen LogP contribution < -0.4 is 5.32 Å². The van der Waals surface area contributed by atoms with Crippen LogP contribution in [-0.2, 0) is 6.54 Å². The Balaban J connectivity index is 1.29. The second-order valence-corrected chi connectivity index (χ2v) is 9.00. The molecule has 2 saturated heterocycles. The van der Waals surface area contributed by atoms with Crippen LogP contribution in [0.15, 0.2) is 42.5 Å². The van der Waals surface area contributed by atoms with Gasteiger partial charge in [-0.25, -0.2) is 9.59 Å². The standard InChI is InChI=1S/C23H26Cl2N4O2/c1-16-2-4-17(5-3-16)15-28-12-13-29(23(28)31)19-8-10-27(11-9-19)22(30)26-21-14-18(24)6-7-20(21)25/h2-7,14,19H,8-13,15H2,1H3,(H,26,30). The average molecular weight is 461 g/mol. The zero-order valence-electron chi connectivity index (χ0n) is 17.5. The first-order chi connectivity index (χ1) is 14.9. The Morgan fingerprint density at radius 1 is 1.03 bits per heavy atom. The maximum Gasteiger partial charge on any atom is 0.321 e. The van der Waals surface area contributed by atoms with Crippen molar-refractivity contribution in [2.24, 2.45) is 0 Å². The van der Waals surface area contributed by atoms with Gasteiger partial charge in [-0.15, -0.1) is 0 Å². The van der Waals surface area contributed by atoms with Gasteiger partial charge in [-0.05, 0) is 43.5 Å². The normalized spacial score (nSPS) is 17.4. The molecule has 0 bridgehead atoms. The Bertz CT molecular complexity index is 959. The highest BCUT2D eigenvalue weighted by Crippen LogP contribution is 2.27. The van der Waals surface area contributed by atoms with Crippen molar-refractivity contribution in [1.29, 1.82) is 0 Å². The lowest BCUT2D eigenvalue weighted by Gasteiger charge is -2.36. The molecular formula is C23H26Cl2N4O2. The Morgan fingerprint density at radius 2 is 1.74 bits per heavy atom. The second-order valence-electron chi connectivity index (χ2n) is 8.16. The number of nitrogens with one attached hydrogen (secondary N) is 1. The van der Waals surface area contributed by atoms with Gasteiger partial charge in [0.2, 0.25) is 0 Å². The fraction of sp³-hybridized carbons (Fsp3) is 0.391. The van der Waals surface area contributed by atoms with Crippen molar-refractivity contribution >= 4 is 41.0 Å². The maximum atomic E-state index is 12.9. The maximum absolute atomic E-state index is 12.9. The largest absolute Gasteiger partial charge is 0.324 e. The van der Waals surface area contributed by atoms with E-state index >= 15 is 0 Å². The summed E-state index contributed by atoms with van der Waals surface area (Å²) in [4.78, 5) is 31.2. The summed E-state index contributed by atoms with van der Waals surface area (Å²) in [6.45, 7) is 5.35. The van der Waals surface area contributed by atoms with E-state index in [0.717, 1.165) is 31.5 Å². The number of benzene rings is 2. The van der Waals surface area contributed by atoms with Gasteiger partial charge < -0.3 is 20.0 Å². The second kappa shape index (κ2) is 9.37. The molecule has 0 spiro atoms. The van der Waals surface area contributed by atoms with E-state index in [-0.39, 0.29) is 18.1 Å². The summed E-state index contributed by atoms with van der Waals surface area (Å²) in [5, 5.41) is 3.80. The van der Waals surface area contributed by atoms with Crippen LogP contribution in [0.1, 0.15) is 24.0 Å². The smallest absolute Gasteiger partial charge is 0.321 e. The summed E-state index contributed by atoms with van der Waals surface area (Å²) >= 11 is 12.1. The predicted molar refractivity (Wildman–Crippen MR) is 124 cm³/mol. The van der Waals surface area contributed by atoms with Gasteiger partial charge in [0, 0.05) is 43.8 Å². The number of aryl methyl sites for hydroxylation is 1. The van der Waals surface area contributed by atoms with Crippen molar-refractivity contribution in [3.8, 4) is 0 Å². The van der Waals surface area contributed by atoms with Crippen LogP contribution in [0.5, 0.6) is 0 Å². The number of hydrogen-bond acceptors (Lipinski definition) is 2. The van der Waals surface area contributed by atoms with Gasteiger partial charge in [0.05, 0.1) is 10.7 Å². The first kappa shape index (κ1) is 21.8. The van der Waals surface area contributed by atoms with E-state index in [4.69, 9.17) is 23.2 Å². The van der Waals surface area contributed by atoms with Crippen LogP contribution in [0, 0.1) is 6.92 Å². The number of anilines is 1. The lowest BCUT2D eigenvalue weighted by molar-refractivity contribution is 0.139. The van der Waals surface area contributed by atoms with E-state index in [1.807, 2.05) is 9.80 Å². The molecule has 31 heavy (non-hydrogen) atoms. The van der Waals surface area contributed by atoms with Gasteiger partial charge in [0.1, 0.15) is 0 Å².